The molecule has 0 aliphatic carbocycles. The predicted molar refractivity (Wildman–Crippen MR) is 95.6 cm³/mol. The second-order valence-electron chi connectivity index (χ2n) is 7.02. The number of hydrogen-bond acceptors (Lipinski definition) is 3. The van der Waals surface area contributed by atoms with E-state index in [1.165, 1.54) is 4.90 Å². The Kier molecular flexibility index (Phi) is 6.17. The van der Waals surface area contributed by atoms with Gasteiger partial charge in [0.15, 0.2) is 0 Å². The molecule has 2 N–H and O–H groups in total. The van der Waals surface area contributed by atoms with Gasteiger partial charge < -0.3 is 15.3 Å². The van der Waals surface area contributed by atoms with Crippen LogP contribution in [0.15, 0.2) is 18.2 Å². The van der Waals surface area contributed by atoms with Gasteiger partial charge in [-0.3, -0.25) is 9.59 Å². The maximum atomic E-state index is 12.7. The summed E-state index contributed by atoms with van der Waals surface area (Å²) in [5.41, 5.74) is 1.91. The van der Waals surface area contributed by atoms with Gasteiger partial charge in [0.05, 0.1) is 0 Å². The third-order valence-corrected chi connectivity index (χ3v) is 4.39. The fraction of sp³-hybridized carbons (Fsp3) is 0.526. The fourth-order valence-corrected chi connectivity index (χ4v) is 3.11. The van der Waals surface area contributed by atoms with E-state index >= 15 is 0 Å². The Balaban J connectivity index is 2.14. The molecule has 0 radical (unpaired) electrons. The van der Waals surface area contributed by atoms with Crippen molar-refractivity contribution < 1.29 is 19.5 Å². The molecule has 1 aromatic rings. The van der Waals surface area contributed by atoms with Gasteiger partial charge in [-0.25, -0.2) is 4.79 Å². The van der Waals surface area contributed by atoms with Gasteiger partial charge in [-0.2, -0.15) is 0 Å². The number of nitrogens with one attached hydrogen (secondary N) is 1. The first-order valence-corrected chi connectivity index (χ1v) is 8.74. The van der Waals surface area contributed by atoms with Gasteiger partial charge >= 0.3 is 5.97 Å². The average molecular weight is 346 g/mol. The Morgan fingerprint density at radius 3 is 2.60 bits per heavy atom. The molecular weight excluding hydrogens is 320 g/mol. The smallest absolute Gasteiger partial charge is 0.326 e. The van der Waals surface area contributed by atoms with Crippen molar-refractivity contribution in [1.82, 2.24) is 4.90 Å². The molecule has 0 saturated carbocycles. The minimum Gasteiger partial charge on any atom is -0.480 e. The molecule has 1 aromatic carbocycles. The van der Waals surface area contributed by atoms with Gasteiger partial charge in [-0.1, -0.05) is 13.8 Å². The van der Waals surface area contributed by atoms with E-state index in [0.29, 0.717) is 30.6 Å². The summed E-state index contributed by atoms with van der Waals surface area (Å²) in [7, 11) is 0. The quantitative estimate of drug-likeness (QED) is 0.858. The molecule has 1 aliphatic rings. The highest BCUT2D eigenvalue weighted by Crippen LogP contribution is 2.23. The molecule has 6 nitrogen and oxygen atoms in total. The third-order valence-electron chi connectivity index (χ3n) is 4.39. The first-order valence-electron chi connectivity index (χ1n) is 8.74. The number of nitrogens with zero attached hydrogens (tertiary/aromatic N) is 1. The monoisotopic (exact) mass is 346 g/mol. The SMILES string of the molecule is Cc1cc(C(=O)N2CCCCC2C(=O)O)ccc1NC(=O)CC(C)C. The van der Waals surface area contributed by atoms with E-state index in [2.05, 4.69) is 5.32 Å². The van der Waals surface area contributed by atoms with Crippen LogP contribution in [0.1, 0.15) is 55.5 Å². The number of anilines is 1. The topological polar surface area (TPSA) is 86.7 Å². The summed E-state index contributed by atoms with van der Waals surface area (Å²) in [6.45, 7) is 6.24. The lowest BCUT2D eigenvalue weighted by Gasteiger charge is -2.33. The predicted octanol–water partition coefficient (Wildman–Crippen LogP) is 3.06. The number of hydrogen-bond donors (Lipinski definition) is 2. The normalized spacial score (nSPS) is 17.4. The summed E-state index contributed by atoms with van der Waals surface area (Å²) < 4.78 is 0. The standard InChI is InChI=1S/C19H26N2O4/c1-12(2)10-17(22)20-15-8-7-14(11-13(15)3)18(23)21-9-5-4-6-16(21)19(24)25/h7-8,11-12,16H,4-6,9-10H2,1-3H3,(H,20,22)(H,24,25). The van der Waals surface area contributed by atoms with Crippen molar-refractivity contribution in [2.24, 2.45) is 5.92 Å². The molecule has 2 rings (SSSR count). The molecular formula is C19H26N2O4. The Morgan fingerprint density at radius 1 is 1.28 bits per heavy atom. The van der Waals surface area contributed by atoms with Crippen molar-refractivity contribution in [3.63, 3.8) is 0 Å². The summed E-state index contributed by atoms with van der Waals surface area (Å²) >= 11 is 0. The van der Waals surface area contributed by atoms with Crippen LogP contribution in [0.5, 0.6) is 0 Å². The second kappa shape index (κ2) is 8.14. The number of amides is 2. The van der Waals surface area contributed by atoms with Crippen molar-refractivity contribution in [1.29, 1.82) is 0 Å². The maximum absolute atomic E-state index is 12.7. The molecule has 0 spiro atoms. The minimum atomic E-state index is -0.956. The van der Waals surface area contributed by atoms with Crippen molar-refractivity contribution in [3.05, 3.63) is 29.3 Å². The van der Waals surface area contributed by atoms with E-state index in [0.717, 1.165) is 18.4 Å². The average Bonchev–Trinajstić information content (AvgIpc) is 2.55. The van der Waals surface area contributed by atoms with Crippen LogP contribution in [-0.4, -0.2) is 40.4 Å². The summed E-state index contributed by atoms with van der Waals surface area (Å²) in [6.07, 6.45) is 2.57. The zero-order chi connectivity index (χ0) is 18.6. The lowest BCUT2D eigenvalue weighted by Crippen LogP contribution is -2.48. The summed E-state index contributed by atoms with van der Waals surface area (Å²) in [5.74, 6) is -1.01. The number of rotatable bonds is 5. The van der Waals surface area contributed by atoms with E-state index in [-0.39, 0.29) is 17.7 Å². The Bertz CT molecular complexity index is 669. The number of likely N-dealkylation sites (tertiary alicyclic amines) is 1. The van der Waals surface area contributed by atoms with Crippen LogP contribution < -0.4 is 5.32 Å². The lowest BCUT2D eigenvalue weighted by molar-refractivity contribution is -0.143. The number of carbonyl (C=O) groups is 3. The van der Waals surface area contributed by atoms with Crippen LogP contribution in [0, 0.1) is 12.8 Å². The van der Waals surface area contributed by atoms with E-state index in [1.807, 2.05) is 20.8 Å². The van der Waals surface area contributed by atoms with E-state index < -0.39 is 12.0 Å². The lowest BCUT2D eigenvalue weighted by atomic mass is 10.00. The summed E-state index contributed by atoms with van der Waals surface area (Å²) in [5, 5.41) is 12.2. The Hall–Kier alpha value is -2.37. The van der Waals surface area contributed by atoms with Crippen LogP contribution in [0.4, 0.5) is 5.69 Å². The van der Waals surface area contributed by atoms with Crippen LogP contribution >= 0.6 is 0 Å². The number of aryl methyl sites for hydroxylation is 1. The van der Waals surface area contributed by atoms with Gasteiger partial charge in [0, 0.05) is 24.2 Å². The van der Waals surface area contributed by atoms with Crippen LogP contribution in [0.25, 0.3) is 0 Å². The number of carboxylic acids is 1. The Morgan fingerprint density at radius 2 is 2.00 bits per heavy atom. The van der Waals surface area contributed by atoms with Gasteiger partial charge in [-0.15, -0.1) is 0 Å². The van der Waals surface area contributed by atoms with Crippen molar-refractivity contribution in [2.45, 2.75) is 52.5 Å². The number of carboxylic acid groups (broad SMARTS) is 1. The van der Waals surface area contributed by atoms with Crippen molar-refractivity contribution in [2.75, 3.05) is 11.9 Å². The van der Waals surface area contributed by atoms with Crippen LogP contribution in [0.3, 0.4) is 0 Å². The molecule has 1 saturated heterocycles. The molecule has 1 atom stereocenters. The highest BCUT2D eigenvalue weighted by molar-refractivity contribution is 5.98. The van der Waals surface area contributed by atoms with Gasteiger partial charge in [-0.05, 0) is 55.9 Å². The largest absolute Gasteiger partial charge is 0.480 e. The molecule has 0 aromatic heterocycles. The maximum Gasteiger partial charge on any atom is 0.326 e. The first kappa shape index (κ1) is 19.0. The number of carbonyl (C=O) groups excluding carboxylic acids is 2. The molecule has 0 bridgehead atoms. The van der Waals surface area contributed by atoms with Crippen molar-refractivity contribution >= 4 is 23.5 Å². The molecule has 25 heavy (non-hydrogen) atoms. The number of piperidine rings is 1. The van der Waals surface area contributed by atoms with E-state index in [1.54, 1.807) is 18.2 Å². The van der Waals surface area contributed by atoms with Gasteiger partial charge in [0.25, 0.3) is 5.91 Å². The van der Waals surface area contributed by atoms with E-state index in [9.17, 15) is 19.5 Å². The fourth-order valence-electron chi connectivity index (χ4n) is 3.11. The molecule has 1 fully saturated rings. The zero-order valence-corrected chi connectivity index (χ0v) is 15.0. The molecule has 1 aliphatic heterocycles. The molecule has 1 unspecified atom stereocenters. The van der Waals surface area contributed by atoms with Crippen LogP contribution in [-0.2, 0) is 9.59 Å². The zero-order valence-electron chi connectivity index (χ0n) is 15.0. The molecule has 6 heteroatoms. The van der Waals surface area contributed by atoms with Crippen molar-refractivity contribution in [3.8, 4) is 0 Å². The second-order valence-corrected chi connectivity index (χ2v) is 7.02. The van der Waals surface area contributed by atoms with E-state index in [4.69, 9.17) is 0 Å². The Labute approximate surface area is 148 Å². The minimum absolute atomic E-state index is 0.0563. The third kappa shape index (κ3) is 4.81. The van der Waals surface area contributed by atoms with Gasteiger partial charge in [0.1, 0.15) is 6.04 Å². The molecule has 1 heterocycles. The highest BCUT2D eigenvalue weighted by atomic mass is 16.4. The number of aliphatic carboxylic acids is 1. The number of benzene rings is 1. The highest BCUT2D eigenvalue weighted by Gasteiger charge is 2.32. The molecule has 136 valence electrons. The van der Waals surface area contributed by atoms with Crippen LogP contribution in [0.2, 0.25) is 0 Å². The summed E-state index contributed by atoms with van der Waals surface area (Å²) in [4.78, 5) is 37.5. The first-order chi connectivity index (χ1) is 11.8. The summed E-state index contributed by atoms with van der Waals surface area (Å²) in [6, 6.07) is 4.31. The molecule has 2 amide bonds. The van der Waals surface area contributed by atoms with Gasteiger partial charge in [0.2, 0.25) is 5.91 Å².